The quantitative estimate of drug-likeness (QED) is 0.833. The number of carbonyl (C=O) groups is 1. The van der Waals surface area contributed by atoms with Gasteiger partial charge in [-0.2, -0.15) is 0 Å². The van der Waals surface area contributed by atoms with E-state index >= 15 is 0 Å². The van der Waals surface area contributed by atoms with E-state index in [1.165, 1.54) is 18.2 Å². The first-order chi connectivity index (χ1) is 11.0. The number of amides is 1. The fourth-order valence-corrected chi connectivity index (χ4v) is 2.02. The minimum absolute atomic E-state index is 0. The summed E-state index contributed by atoms with van der Waals surface area (Å²) in [6.07, 6.45) is 0. The molecular weight excluding hydrogens is 335 g/mol. The molecular formula is C17H20ClFN2O3. The minimum Gasteiger partial charge on any atom is -0.493 e. The predicted octanol–water partition coefficient (Wildman–Crippen LogP) is 3.51. The zero-order chi connectivity index (χ0) is 16.8. The number of halogens is 2. The van der Waals surface area contributed by atoms with Crippen LogP contribution in [-0.4, -0.2) is 26.6 Å². The first-order valence-corrected chi connectivity index (χ1v) is 7.10. The van der Waals surface area contributed by atoms with Gasteiger partial charge >= 0.3 is 0 Å². The lowest BCUT2D eigenvalue weighted by Gasteiger charge is -2.15. The molecule has 0 saturated heterocycles. The van der Waals surface area contributed by atoms with Crippen LogP contribution in [0.3, 0.4) is 0 Å². The SMILES string of the molecule is CNCC(=O)Nc1cc(F)ccc1Oc1ccc(C)cc1OC.Cl. The van der Waals surface area contributed by atoms with Crippen molar-refractivity contribution in [1.29, 1.82) is 0 Å². The van der Waals surface area contributed by atoms with Gasteiger partial charge in [0.2, 0.25) is 5.91 Å². The lowest BCUT2D eigenvalue weighted by atomic mass is 10.2. The Morgan fingerprint density at radius 3 is 2.50 bits per heavy atom. The van der Waals surface area contributed by atoms with Crippen LogP contribution in [0.15, 0.2) is 36.4 Å². The first kappa shape index (κ1) is 19.7. The lowest BCUT2D eigenvalue weighted by molar-refractivity contribution is -0.115. The molecule has 0 heterocycles. The van der Waals surface area contributed by atoms with E-state index in [1.54, 1.807) is 20.2 Å². The number of likely N-dealkylation sites (N-methyl/N-ethyl adjacent to an activating group) is 1. The number of methoxy groups -OCH3 is 1. The van der Waals surface area contributed by atoms with Crippen molar-refractivity contribution in [3.8, 4) is 17.2 Å². The third-order valence-electron chi connectivity index (χ3n) is 3.09. The monoisotopic (exact) mass is 354 g/mol. The first-order valence-electron chi connectivity index (χ1n) is 7.10. The lowest BCUT2D eigenvalue weighted by Crippen LogP contribution is -2.25. The summed E-state index contributed by atoms with van der Waals surface area (Å²) in [5.41, 5.74) is 1.28. The second-order valence-electron chi connectivity index (χ2n) is 4.98. The average Bonchev–Trinajstić information content (AvgIpc) is 2.51. The van der Waals surface area contributed by atoms with Crippen LogP contribution in [0.1, 0.15) is 5.56 Å². The maximum atomic E-state index is 13.5. The maximum absolute atomic E-state index is 13.5. The van der Waals surface area contributed by atoms with E-state index < -0.39 is 5.82 Å². The van der Waals surface area contributed by atoms with Crippen molar-refractivity contribution in [1.82, 2.24) is 5.32 Å². The highest BCUT2D eigenvalue weighted by Gasteiger charge is 2.12. The van der Waals surface area contributed by atoms with Crippen LogP contribution in [-0.2, 0) is 4.79 Å². The van der Waals surface area contributed by atoms with Crippen LogP contribution in [0.2, 0.25) is 0 Å². The van der Waals surface area contributed by atoms with Crippen LogP contribution in [0.5, 0.6) is 17.2 Å². The van der Waals surface area contributed by atoms with E-state index in [9.17, 15) is 9.18 Å². The van der Waals surface area contributed by atoms with Gasteiger partial charge in [-0.15, -0.1) is 12.4 Å². The molecule has 1 amide bonds. The number of anilines is 1. The van der Waals surface area contributed by atoms with Crippen molar-refractivity contribution < 1.29 is 18.7 Å². The molecule has 2 aromatic carbocycles. The number of nitrogens with one attached hydrogen (secondary N) is 2. The molecule has 0 aliphatic heterocycles. The number of ether oxygens (including phenoxy) is 2. The van der Waals surface area contributed by atoms with E-state index in [0.29, 0.717) is 17.2 Å². The van der Waals surface area contributed by atoms with Gasteiger partial charge in [0.15, 0.2) is 17.2 Å². The van der Waals surface area contributed by atoms with E-state index in [1.807, 2.05) is 19.1 Å². The molecule has 0 unspecified atom stereocenters. The summed E-state index contributed by atoms with van der Waals surface area (Å²) in [6, 6.07) is 9.41. The highest BCUT2D eigenvalue weighted by molar-refractivity contribution is 5.93. The van der Waals surface area contributed by atoms with E-state index in [0.717, 1.165) is 5.56 Å². The van der Waals surface area contributed by atoms with Crippen molar-refractivity contribution in [3.63, 3.8) is 0 Å². The van der Waals surface area contributed by atoms with Gasteiger partial charge in [0.25, 0.3) is 0 Å². The number of hydrogen-bond donors (Lipinski definition) is 2. The second-order valence-corrected chi connectivity index (χ2v) is 4.98. The van der Waals surface area contributed by atoms with Crippen LogP contribution < -0.4 is 20.1 Å². The summed E-state index contributed by atoms with van der Waals surface area (Å²) in [5.74, 6) is 0.612. The predicted molar refractivity (Wildman–Crippen MR) is 94.0 cm³/mol. The van der Waals surface area contributed by atoms with Gasteiger partial charge in [0.1, 0.15) is 5.82 Å². The number of carbonyl (C=O) groups excluding carboxylic acids is 1. The summed E-state index contributed by atoms with van der Waals surface area (Å²) in [6.45, 7) is 2.05. The van der Waals surface area contributed by atoms with Crippen LogP contribution in [0.25, 0.3) is 0 Å². The summed E-state index contributed by atoms with van der Waals surface area (Å²) in [7, 11) is 3.20. The number of aryl methyl sites for hydroxylation is 1. The van der Waals surface area contributed by atoms with Crippen molar-refractivity contribution in [2.24, 2.45) is 0 Å². The molecule has 2 rings (SSSR count). The maximum Gasteiger partial charge on any atom is 0.238 e. The van der Waals surface area contributed by atoms with Gasteiger partial charge in [0.05, 0.1) is 19.3 Å². The molecule has 0 aliphatic carbocycles. The van der Waals surface area contributed by atoms with Crippen LogP contribution in [0, 0.1) is 12.7 Å². The molecule has 0 bridgehead atoms. The number of benzene rings is 2. The molecule has 0 aliphatic rings. The Bertz CT molecular complexity index is 710. The van der Waals surface area contributed by atoms with Crippen molar-refractivity contribution >= 4 is 24.0 Å². The smallest absolute Gasteiger partial charge is 0.238 e. The van der Waals surface area contributed by atoms with Crippen molar-refractivity contribution in [2.75, 3.05) is 26.0 Å². The third-order valence-corrected chi connectivity index (χ3v) is 3.09. The normalized spacial score (nSPS) is 9.83. The fourth-order valence-electron chi connectivity index (χ4n) is 2.02. The topological polar surface area (TPSA) is 59.6 Å². The van der Waals surface area contributed by atoms with Crippen molar-refractivity contribution in [2.45, 2.75) is 6.92 Å². The standard InChI is InChI=1S/C17H19FN2O3.ClH/c1-11-4-6-15(16(8-11)22-3)23-14-7-5-12(18)9-13(14)20-17(21)10-19-2;/h4-9,19H,10H2,1-3H3,(H,20,21);1H. The Morgan fingerprint density at radius 1 is 1.12 bits per heavy atom. The molecule has 0 radical (unpaired) electrons. The Morgan fingerprint density at radius 2 is 1.83 bits per heavy atom. The van der Waals surface area contributed by atoms with Crippen LogP contribution >= 0.6 is 12.4 Å². The minimum atomic E-state index is -0.465. The molecule has 0 atom stereocenters. The largest absolute Gasteiger partial charge is 0.493 e. The summed E-state index contributed by atoms with van der Waals surface area (Å²) in [5, 5.41) is 5.34. The molecule has 24 heavy (non-hydrogen) atoms. The van der Waals surface area contributed by atoms with Gasteiger partial charge in [-0.05, 0) is 43.8 Å². The molecule has 130 valence electrons. The average molecular weight is 355 g/mol. The Kier molecular flexibility index (Phi) is 7.48. The van der Waals surface area contributed by atoms with Gasteiger partial charge in [-0.1, -0.05) is 6.07 Å². The van der Waals surface area contributed by atoms with Crippen LogP contribution in [0.4, 0.5) is 10.1 Å². The molecule has 0 saturated carbocycles. The summed E-state index contributed by atoms with van der Waals surface area (Å²) >= 11 is 0. The van der Waals surface area contributed by atoms with Crippen molar-refractivity contribution in [3.05, 3.63) is 47.8 Å². The third kappa shape index (κ3) is 5.11. The highest BCUT2D eigenvalue weighted by atomic mass is 35.5. The molecule has 7 heteroatoms. The van der Waals surface area contributed by atoms with E-state index in [2.05, 4.69) is 10.6 Å². The zero-order valence-corrected chi connectivity index (χ0v) is 14.5. The van der Waals surface area contributed by atoms with E-state index in [4.69, 9.17) is 9.47 Å². The molecule has 2 aromatic rings. The molecule has 2 N–H and O–H groups in total. The Balaban J connectivity index is 0.00000288. The van der Waals surface area contributed by atoms with Gasteiger partial charge in [-0.25, -0.2) is 4.39 Å². The second kappa shape index (κ2) is 9.10. The molecule has 0 aromatic heterocycles. The van der Waals surface area contributed by atoms with Gasteiger partial charge in [-0.3, -0.25) is 4.79 Å². The summed E-state index contributed by atoms with van der Waals surface area (Å²) < 4.78 is 24.6. The highest BCUT2D eigenvalue weighted by Crippen LogP contribution is 2.36. The zero-order valence-electron chi connectivity index (χ0n) is 13.7. The Hall–Kier alpha value is -2.31. The van der Waals surface area contributed by atoms with Gasteiger partial charge < -0.3 is 20.1 Å². The molecule has 0 spiro atoms. The Labute approximate surface area is 146 Å². The molecule has 5 nitrogen and oxygen atoms in total. The molecule has 0 fully saturated rings. The van der Waals surface area contributed by atoms with Gasteiger partial charge in [0, 0.05) is 6.07 Å². The number of rotatable bonds is 6. The van der Waals surface area contributed by atoms with E-state index in [-0.39, 0.29) is 30.5 Å². The summed E-state index contributed by atoms with van der Waals surface area (Å²) in [4.78, 5) is 11.7. The number of hydrogen-bond acceptors (Lipinski definition) is 4. The fraction of sp³-hybridized carbons (Fsp3) is 0.235.